The van der Waals surface area contributed by atoms with Gasteiger partial charge in [-0.25, -0.2) is 18.4 Å². The van der Waals surface area contributed by atoms with Gasteiger partial charge < -0.3 is 10.1 Å². The van der Waals surface area contributed by atoms with Gasteiger partial charge in [-0.1, -0.05) is 35.9 Å². The smallest absolute Gasteiger partial charge is 0.243 e. The Morgan fingerprint density at radius 2 is 1.67 bits per heavy atom. The number of ether oxygens (including phenoxy) is 1. The fourth-order valence-electron chi connectivity index (χ4n) is 3.79. The first kappa shape index (κ1) is 21.8. The second-order valence-electron chi connectivity index (χ2n) is 7.63. The van der Waals surface area contributed by atoms with E-state index in [0.717, 1.165) is 27.7 Å². The highest BCUT2D eigenvalue weighted by Gasteiger charge is 2.26. The molecule has 2 heterocycles. The Bertz CT molecular complexity index is 1410. The van der Waals surface area contributed by atoms with E-state index in [9.17, 15) is 8.42 Å². The van der Waals surface area contributed by atoms with Gasteiger partial charge in [-0.3, -0.25) is 0 Å². The Morgan fingerprint density at radius 1 is 0.909 bits per heavy atom. The summed E-state index contributed by atoms with van der Waals surface area (Å²) in [6, 6.07) is 20.2. The maximum atomic E-state index is 12.9. The zero-order valence-electron chi connectivity index (χ0n) is 17.6. The molecule has 0 atom stereocenters. The van der Waals surface area contributed by atoms with E-state index < -0.39 is 10.0 Å². The Morgan fingerprint density at radius 3 is 2.42 bits per heavy atom. The number of hydrogen-bond donors (Lipinski definition) is 1. The molecule has 0 aliphatic carbocycles. The molecule has 0 unspecified atom stereocenters. The summed E-state index contributed by atoms with van der Waals surface area (Å²) in [6.07, 6.45) is 1.51. The van der Waals surface area contributed by atoms with Crippen LogP contribution in [-0.2, 0) is 14.8 Å². The lowest BCUT2D eigenvalue weighted by molar-refractivity contribution is 0.0730. The number of rotatable bonds is 5. The molecule has 0 bridgehead atoms. The largest absolute Gasteiger partial charge is 0.379 e. The monoisotopic (exact) mass is 480 g/mol. The first-order valence-corrected chi connectivity index (χ1v) is 12.3. The third kappa shape index (κ3) is 4.56. The molecule has 0 radical (unpaired) electrons. The van der Waals surface area contributed by atoms with Crippen molar-refractivity contribution in [1.82, 2.24) is 14.3 Å². The fraction of sp³-hybridized carbons (Fsp3) is 0.167. The molecule has 4 aromatic rings. The normalized spacial score (nSPS) is 14.9. The molecule has 3 aromatic carbocycles. The summed E-state index contributed by atoms with van der Waals surface area (Å²) in [5.74, 6) is 0.663. The van der Waals surface area contributed by atoms with Gasteiger partial charge in [0.25, 0.3) is 0 Å². The number of morpholine rings is 1. The van der Waals surface area contributed by atoms with Crippen LogP contribution in [0.15, 0.2) is 78.0 Å². The second kappa shape index (κ2) is 9.07. The predicted octanol–water partition coefficient (Wildman–Crippen LogP) is 4.71. The van der Waals surface area contributed by atoms with Crippen LogP contribution in [0.3, 0.4) is 0 Å². The lowest BCUT2D eigenvalue weighted by Gasteiger charge is -2.26. The average Bonchev–Trinajstić information content (AvgIpc) is 2.85. The van der Waals surface area contributed by atoms with E-state index >= 15 is 0 Å². The lowest BCUT2D eigenvalue weighted by atomic mass is 10.0. The molecule has 1 aromatic heterocycles. The minimum absolute atomic E-state index is 0.278. The SMILES string of the molecule is O=S(=O)(c1ccc(-c2ccc3ncnc(Nc4cccc(Cl)c4)c3c2)cc1)N1CCOCC1. The van der Waals surface area contributed by atoms with Crippen LogP contribution < -0.4 is 5.32 Å². The zero-order valence-corrected chi connectivity index (χ0v) is 19.2. The maximum absolute atomic E-state index is 12.9. The molecule has 1 aliphatic rings. The molecular weight excluding hydrogens is 460 g/mol. The second-order valence-corrected chi connectivity index (χ2v) is 10.0. The third-order valence-corrected chi connectivity index (χ3v) is 7.67. The van der Waals surface area contributed by atoms with Crippen LogP contribution in [0.2, 0.25) is 5.02 Å². The van der Waals surface area contributed by atoms with Crippen LogP contribution in [0.5, 0.6) is 0 Å². The number of hydrogen-bond acceptors (Lipinski definition) is 6. The van der Waals surface area contributed by atoms with Crippen molar-refractivity contribution < 1.29 is 13.2 Å². The molecule has 1 aliphatic heterocycles. The van der Waals surface area contributed by atoms with Gasteiger partial charge in [-0.05, 0) is 53.6 Å². The van der Waals surface area contributed by atoms with E-state index in [0.29, 0.717) is 37.1 Å². The van der Waals surface area contributed by atoms with Crippen molar-refractivity contribution >= 4 is 44.0 Å². The van der Waals surface area contributed by atoms with Gasteiger partial charge in [0.15, 0.2) is 0 Å². The van der Waals surface area contributed by atoms with E-state index in [1.165, 1.54) is 10.6 Å². The molecule has 0 amide bonds. The number of fused-ring (bicyclic) bond motifs is 1. The first-order chi connectivity index (χ1) is 16.0. The zero-order chi connectivity index (χ0) is 22.8. The summed E-state index contributed by atoms with van der Waals surface area (Å²) in [7, 11) is -3.53. The molecule has 5 rings (SSSR count). The van der Waals surface area contributed by atoms with Crippen molar-refractivity contribution in [2.45, 2.75) is 4.90 Å². The number of halogens is 1. The summed E-state index contributed by atoms with van der Waals surface area (Å²) < 4.78 is 32.5. The van der Waals surface area contributed by atoms with Crippen LogP contribution in [0.25, 0.3) is 22.0 Å². The molecule has 1 fully saturated rings. The van der Waals surface area contributed by atoms with Crippen molar-refractivity contribution in [2.24, 2.45) is 0 Å². The molecule has 9 heteroatoms. The fourth-order valence-corrected chi connectivity index (χ4v) is 5.39. The number of anilines is 2. The molecule has 1 N–H and O–H groups in total. The van der Waals surface area contributed by atoms with Crippen LogP contribution in [-0.4, -0.2) is 49.0 Å². The van der Waals surface area contributed by atoms with E-state index in [4.69, 9.17) is 16.3 Å². The van der Waals surface area contributed by atoms with E-state index in [1.807, 2.05) is 54.6 Å². The maximum Gasteiger partial charge on any atom is 0.243 e. The van der Waals surface area contributed by atoms with Crippen LogP contribution in [0.1, 0.15) is 0 Å². The van der Waals surface area contributed by atoms with Gasteiger partial charge in [-0.15, -0.1) is 0 Å². The Hall–Kier alpha value is -3.04. The number of sulfonamides is 1. The summed E-state index contributed by atoms with van der Waals surface area (Å²) >= 11 is 6.10. The summed E-state index contributed by atoms with van der Waals surface area (Å²) in [5, 5.41) is 4.78. The molecule has 168 valence electrons. The average molecular weight is 481 g/mol. The van der Waals surface area contributed by atoms with Gasteiger partial charge in [-0.2, -0.15) is 4.31 Å². The molecule has 0 saturated carbocycles. The number of nitrogens with zero attached hydrogens (tertiary/aromatic N) is 3. The molecule has 33 heavy (non-hydrogen) atoms. The lowest BCUT2D eigenvalue weighted by Crippen LogP contribution is -2.40. The van der Waals surface area contributed by atoms with Crippen LogP contribution in [0.4, 0.5) is 11.5 Å². The molecule has 0 spiro atoms. The Labute approximate surface area is 197 Å². The number of aromatic nitrogens is 2. The van der Waals surface area contributed by atoms with Crippen molar-refractivity contribution in [3.05, 3.63) is 78.1 Å². The van der Waals surface area contributed by atoms with E-state index in [2.05, 4.69) is 15.3 Å². The first-order valence-electron chi connectivity index (χ1n) is 10.5. The van der Waals surface area contributed by atoms with E-state index in [-0.39, 0.29) is 4.90 Å². The van der Waals surface area contributed by atoms with Crippen molar-refractivity contribution in [3.8, 4) is 11.1 Å². The van der Waals surface area contributed by atoms with E-state index in [1.54, 1.807) is 12.1 Å². The Balaban J connectivity index is 1.46. The highest BCUT2D eigenvalue weighted by Crippen LogP contribution is 2.30. The van der Waals surface area contributed by atoms with Crippen molar-refractivity contribution in [2.75, 3.05) is 31.6 Å². The minimum atomic E-state index is -3.53. The number of nitrogens with one attached hydrogen (secondary N) is 1. The third-order valence-electron chi connectivity index (χ3n) is 5.52. The quantitative estimate of drug-likeness (QED) is 0.445. The Kier molecular flexibility index (Phi) is 5.99. The molecular formula is C24H21ClN4O3S. The van der Waals surface area contributed by atoms with Gasteiger partial charge in [0.1, 0.15) is 12.1 Å². The summed E-state index contributed by atoms with van der Waals surface area (Å²) in [6.45, 7) is 1.58. The summed E-state index contributed by atoms with van der Waals surface area (Å²) in [5.41, 5.74) is 3.45. The number of benzene rings is 3. The standard InChI is InChI=1S/C24H21ClN4O3S/c25-19-2-1-3-20(15-19)28-24-22-14-18(6-9-23(22)26-16-27-24)17-4-7-21(8-5-17)33(30,31)29-10-12-32-13-11-29/h1-9,14-16H,10-13H2,(H,26,27,28). The predicted molar refractivity (Wildman–Crippen MR) is 129 cm³/mol. The van der Waals surface area contributed by atoms with Gasteiger partial charge in [0.2, 0.25) is 10.0 Å². The van der Waals surface area contributed by atoms with Gasteiger partial charge >= 0.3 is 0 Å². The van der Waals surface area contributed by atoms with Crippen molar-refractivity contribution in [1.29, 1.82) is 0 Å². The topological polar surface area (TPSA) is 84.4 Å². The minimum Gasteiger partial charge on any atom is -0.379 e. The molecule has 7 nitrogen and oxygen atoms in total. The van der Waals surface area contributed by atoms with Crippen LogP contribution in [0, 0.1) is 0 Å². The molecule has 1 saturated heterocycles. The van der Waals surface area contributed by atoms with Crippen LogP contribution >= 0.6 is 11.6 Å². The summed E-state index contributed by atoms with van der Waals surface area (Å²) in [4.78, 5) is 9.04. The van der Waals surface area contributed by atoms with Gasteiger partial charge in [0, 0.05) is 29.2 Å². The highest BCUT2D eigenvalue weighted by molar-refractivity contribution is 7.89. The van der Waals surface area contributed by atoms with Gasteiger partial charge in [0.05, 0.1) is 23.6 Å². The highest BCUT2D eigenvalue weighted by atomic mass is 35.5. The van der Waals surface area contributed by atoms with Crippen molar-refractivity contribution in [3.63, 3.8) is 0 Å².